The fraction of sp³-hybridized carbons (Fsp3) is 0.368. The molecule has 152 valence electrons. The number of fused-ring (bicyclic) bond motifs is 1. The minimum atomic E-state index is -0.0838. The molecule has 3 aromatic rings. The van der Waals surface area contributed by atoms with Crippen molar-refractivity contribution in [3.8, 4) is 5.69 Å². The van der Waals surface area contributed by atoms with Gasteiger partial charge in [0.2, 0.25) is 5.91 Å². The van der Waals surface area contributed by atoms with Crippen molar-refractivity contribution in [2.75, 3.05) is 18.9 Å². The predicted molar refractivity (Wildman–Crippen MR) is 114 cm³/mol. The lowest BCUT2D eigenvalue weighted by Gasteiger charge is -2.14. The van der Waals surface area contributed by atoms with Crippen LogP contribution in [-0.2, 0) is 9.53 Å². The summed E-state index contributed by atoms with van der Waals surface area (Å²) in [5.41, 5.74) is 2.35. The fourth-order valence-corrected chi connectivity index (χ4v) is 4.37. The Morgan fingerprint density at radius 1 is 1.45 bits per heavy atom. The van der Waals surface area contributed by atoms with Crippen LogP contribution in [0.15, 0.2) is 33.9 Å². The zero-order chi connectivity index (χ0) is 20.4. The van der Waals surface area contributed by atoms with Crippen LogP contribution in [0.4, 0.5) is 0 Å². The van der Waals surface area contributed by atoms with E-state index in [-0.39, 0.29) is 23.3 Å². The molecule has 3 heterocycles. The van der Waals surface area contributed by atoms with E-state index in [4.69, 9.17) is 10.1 Å². The summed E-state index contributed by atoms with van der Waals surface area (Å²) >= 11 is 4.73. The molecule has 1 aliphatic rings. The first-order chi connectivity index (χ1) is 14.0. The number of rotatable bonds is 6. The molecule has 0 radical (unpaired) electrons. The second kappa shape index (κ2) is 8.68. The molecular weight excluding hydrogens is 456 g/mol. The molecule has 29 heavy (non-hydrogen) atoms. The lowest BCUT2D eigenvalue weighted by atomic mass is 10.2. The quantitative estimate of drug-likeness (QED) is 0.374. The third-order valence-corrected chi connectivity index (χ3v) is 6.22. The van der Waals surface area contributed by atoms with Gasteiger partial charge in [-0.25, -0.2) is 4.98 Å². The second-order valence-corrected chi connectivity index (χ2v) is 8.69. The standard InChI is InChI=1S/C19H21BrN6O2S/c1-11-16-17(21)26(13-6-4-12(20)5-7-13)19(23-18(16)25-24-11)29-10-15(27)22-9-14-3-2-8-28-14/h4-7,14,21H,2-3,8-10H2,1H3,(H,22,27)(H,24,25)/t14-/m0/s1. The van der Waals surface area contributed by atoms with Crippen LogP contribution >= 0.6 is 27.7 Å². The smallest absolute Gasteiger partial charge is 0.230 e. The highest BCUT2D eigenvalue weighted by Crippen LogP contribution is 2.22. The number of hydrogen-bond donors (Lipinski definition) is 3. The van der Waals surface area contributed by atoms with Gasteiger partial charge in [0.05, 0.1) is 17.2 Å². The first-order valence-corrected chi connectivity index (χ1v) is 11.1. The fourth-order valence-electron chi connectivity index (χ4n) is 3.27. The minimum Gasteiger partial charge on any atom is -0.376 e. The maximum absolute atomic E-state index is 12.3. The molecule has 8 nitrogen and oxygen atoms in total. The SMILES string of the molecule is Cc1[nH]nc2nc(SCC(=O)NC[C@@H]3CCCO3)n(-c3ccc(Br)cc3)c(=N)c12. The molecule has 0 bridgehead atoms. The molecule has 1 atom stereocenters. The molecule has 0 spiro atoms. The molecule has 0 unspecified atom stereocenters. The largest absolute Gasteiger partial charge is 0.376 e. The first-order valence-electron chi connectivity index (χ1n) is 9.32. The van der Waals surface area contributed by atoms with Crippen molar-refractivity contribution < 1.29 is 9.53 Å². The summed E-state index contributed by atoms with van der Waals surface area (Å²) in [5, 5.41) is 20.0. The Balaban J connectivity index is 1.60. The summed E-state index contributed by atoms with van der Waals surface area (Å²) in [6.07, 6.45) is 2.13. The van der Waals surface area contributed by atoms with Gasteiger partial charge in [0.15, 0.2) is 10.8 Å². The average molecular weight is 477 g/mol. The van der Waals surface area contributed by atoms with Crippen molar-refractivity contribution in [2.45, 2.75) is 31.0 Å². The molecule has 4 rings (SSSR count). The van der Waals surface area contributed by atoms with E-state index >= 15 is 0 Å². The Kier molecular flexibility index (Phi) is 6.02. The number of amides is 1. The number of carbonyl (C=O) groups excluding carboxylic acids is 1. The Morgan fingerprint density at radius 3 is 2.97 bits per heavy atom. The van der Waals surface area contributed by atoms with Crippen molar-refractivity contribution in [2.24, 2.45) is 0 Å². The number of nitrogens with one attached hydrogen (secondary N) is 3. The van der Waals surface area contributed by atoms with Crippen LogP contribution in [0.5, 0.6) is 0 Å². The Hall–Kier alpha value is -2.17. The highest BCUT2D eigenvalue weighted by atomic mass is 79.9. The number of aromatic nitrogens is 4. The average Bonchev–Trinajstić information content (AvgIpc) is 3.36. The van der Waals surface area contributed by atoms with Crippen LogP contribution in [0.1, 0.15) is 18.5 Å². The maximum atomic E-state index is 12.3. The van der Waals surface area contributed by atoms with Crippen LogP contribution in [-0.4, -0.2) is 50.7 Å². The van der Waals surface area contributed by atoms with E-state index in [1.165, 1.54) is 11.8 Å². The van der Waals surface area contributed by atoms with Gasteiger partial charge in [-0.15, -0.1) is 0 Å². The Labute approximate surface area is 180 Å². The number of carbonyl (C=O) groups is 1. The number of halogens is 1. The van der Waals surface area contributed by atoms with E-state index in [0.717, 1.165) is 35.3 Å². The predicted octanol–water partition coefficient (Wildman–Crippen LogP) is 2.69. The number of benzene rings is 1. The van der Waals surface area contributed by atoms with Gasteiger partial charge in [-0.1, -0.05) is 27.7 Å². The highest BCUT2D eigenvalue weighted by Gasteiger charge is 2.18. The monoisotopic (exact) mass is 476 g/mol. The summed E-state index contributed by atoms with van der Waals surface area (Å²) < 4.78 is 8.23. The summed E-state index contributed by atoms with van der Waals surface area (Å²) in [5.74, 6) is 0.115. The van der Waals surface area contributed by atoms with E-state index in [2.05, 4.69) is 36.4 Å². The van der Waals surface area contributed by atoms with Gasteiger partial charge in [-0.05, 0) is 44.0 Å². The van der Waals surface area contributed by atoms with Gasteiger partial charge >= 0.3 is 0 Å². The van der Waals surface area contributed by atoms with E-state index in [1.54, 1.807) is 4.57 Å². The number of aryl methyl sites for hydroxylation is 1. The third-order valence-electron chi connectivity index (χ3n) is 4.75. The van der Waals surface area contributed by atoms with Crippen LogP contribution < -0.4 is 10.8 Å². The van der Waals surface area contributed by atoms with Crippen LogP contribution in [0, 0.1) is 12.3 Å². The molecule has 3 N–H and O–H groups in total. The topological polar surface area (TPSA) is 109 Å². The van der Waals surface area contributed by atoms with Gasteiger partial charge < -0.3 is 10.1 Å². The highest BCUT2D eigenvalue weighted by molar-refractivity contribution is 9.10. The Bertz CT molecular complexity index is 1090. The third kappa shape index (κ3) is 4.39. The van der Waals surface area contributed by atoms with Crippen molar-refractivity contribution in [3.05, 3.63) is 39.9 Å². The second-order valence-electron chi connectivity index (χ2n) is 6.83. The minimum absolute atomic E-state index is 0.0838. The molecule has 1 saturated heterocycles. The zero-order valence-corrected chi connectivity index (χ0v) is 18.3. The molecule has 10 heteroatoms. The van der Waals surface area contributed by atoms with Crippen molar-refractivity contribution in [1.29, 1.82) is 5.41 Å². The van der Waals surface area contributed by atoms with Crippen molar-refractivity contribution in [1.82, 2.24) is 25.1 Å². The van der Waals surface area contributed by atoms with Crippen molar-refractivity contribution in [3.63, 3.8) is 0 Å². The number of aromatic amines is 1. The molecule has 1 fully saturated rings. The van der Waals surface area contributed by atoms with E-state index in [0.29, 0.717) is 22.7 Å². The summed E-state index contributed by atoms with van der Waals surface area (Å²) in [7, 11) is 0. The molecule has 0 saturated carbocycles. The zero-order valence-electron chi connectivity index (χ0n) is 15.9. The molecule has 1 amide bonds. The number of nitrogens with zero attached hydrogens (tertiary/aromatic N) is 3. The maximum Gasteiger partial charge on any atom is 0.230 e. The molecule has 1 aromatic carbocycles. The molecule has 1 aliphatic heterocycles. The van der Waals surface area contributed by atoms with Crippen LogP contribution in [0.2, 0.25) is 0 Å². The lowest BCUT2D eigenvalue weighted by Crippen LogP contribution is -2.33. The Morgan fingerprint density at radius 2 is 2.24 bits per heavy atom. The number of thioether (sulfide) groups is 1. The molecule has 2 aromatic heterocycles. The first kappa shape index (κ1) is 20.1. The van der Waals surface area contributed by atoms with Gasteiger partial charge in [-0.2, -0.15) is 5.10 Å². The summed E-state index contributed by atoms with van der Waals surface area (Å²) in [6.45, 7) is 3.16. The number of ether oxygens (including phenoxy) is 1. The van der Waals surface area contributed by atoms with Gasteiger partial charge in [0.25, 0.3) is 0 Å². The van der Waals surface area contributed by atoms with Gasteiger partial charge in [-0.3, -0.25) is 19.9 Å². The number of H-pyrrole nitrogens is 1. The van der Waals surface area contributed by atoms with E-state index < -0.39 is 0 Å². The molecular formula is C19H21BrN6O2S. The number of hydrogen-bond acceptors (Lipinski definition) is 6. The van der Waals surface area contributed by atoms with Gasteiger partial charge in [0, 0.05) is 29.0 Å². The summed E-state index contributed by atoms with van der Waals surface area (Å²) in [6, 6.07) is 7.65. The van der Waals surface area contributed by atoms with Gasteiger partial charge in [0.1, 0.15) is 5.49 Å². The van der Waals surface area contributed by atoms with Crippen LogP contribution in [0.25, 0.3) is 16.7 Å². The summed E-state index contributed by atoms with van der Waals surface area (Å²) in [4.78, 5) is 16.9. The van der Waals surface area contributed by atoms with Crippen molar-refractivity contribution >= 4 is 44.6 Å². The lowest BCUT2D eigenvalue weighted by molar-refractivity contribution is -0.119. The van der Waals surface area contributed by atoms with E-state index in [9.17, 15) is 4.79 Å². The van der Waals surface area contributed by atoms with Crippen LogP contribution in [0.3, 0.4) is 0 Å². The molecule has 0 aliphatic carbocycles. The normalized spacial score (nSPS) is 16.4. The van der Waals surface area contributed by atoms with E-state index in [1.807, 2.05) is 31.2 Å².